The van der Waals surface area contributed by atoms with Crippen LogP contribution in [-0.2, 0) is 10.0 Å². The minimum atomic E-state index is -3.43. The third-order valence-electron chi connectivity index (χ3n) is 4.03. The molecule has 0 saturated heterocycles. The van der Waals surface area contributed by atoms with Crippen molar-refractivity contribution in [1.82, 2.24) is 4.31 Å². The molecule has 1 aromatic carbocycles. The zero-order chi connectivity index (χ0) is 14.0. The molecule has 1 aliphatic carbocycles. The lowest BCUT2D eigenvalue weighted by atomic mass is 9.87. The fourth-order valence-electron chi connectivity index (χ4n) is 2.64. The van der Waals surface area contributed by atoms with E-state index in [9.17, 15) is 8.42 Å². The minimum absolute atomic E-state index is 0.114. The Hall–Kier alpha value is -1.07. The Morgan fingerprint density at radius 3 is 2.42 bits per heavy atom. The van der Waals surface area contributed by atoms with Crippen molar-refractivity contribution in [2.75, 3.05) is 12.8 Å². The van der Waals surface area contributed by atoms with Crippen molar-refractivity contribution in [3.05, 3.63) is 24.3 Å². The summed E-state index contributed by atoms with van der Waals surface area (Å²) in [5.74, 6) is 0.708. The fourth-order valence-corrected chi connectivity index (χ4v) is 4.12. The maximum absolute atomic E-state index is 12.5. The molecule has 0 radical (unpaired) electrons. The van der Waals surface area contributed by atoms with Gasteiger partial charge in [-0.1, -0.05) is 13.0 Å². The molecule has 0 amide bonds. The molecule has 2 N–H and O–H groups in total. The van der Waals surface area contributed by atoms with E-state index in [1.54, 1.807) is 25.2 Å². The molecular weight excluding hydrogens is 260 g/mol. The van der Waals surface area contributed by atoms with Gasteiger partial charge in [-0.05, 0) is 49.8 Å². The summed E-state index contributed by atoms with van der Waals surface area (Å²) >= 11 is 0. The second-order valence-electron chi connectivity index (χ2n) is 5.51. The Morgan fingerprint density at radius 1 is 1.21 bits per heavy atom. The molecule has 0 aromatic heterocycles. The lowest BCUT2D eigenvalue weighted by molar-refractivity contribution is 0.246. The van der Waals surface area contributed by atoms with Crippen LogP contribution in [0.5, 0.6) is 0 Å². The van der Waals surface area contributed by atoms with Crippen LogP contribution < -0.4 is 5.73 Å². The average molecular weight is 282 g/mol. The zero-order valence-electron chi connectivity index (χ0n) is 11.5. The molecule has 0 heterocycles. The fraction of sp³-hybridized carbons (Fsp3) is 0.571. The average Bonchev–Trinajstić information content (AvgIpc) is 2.39. The molecule has 0 unspecified atom stereocenters. The normalized spacial score (nSPS) is 24.6. The van der Waals surface area contributed by atoms with Gasteiger partial charge in [-0.3, -0.25) is 0 Å². The molecule has 19 heavy (non-hydrogen) atoms. The van der Waals surface area contributed by atoms with Crippen molar-refractivity contribution < 1.29 is 8.42 Å². The van der Waals surface area contributed by atoms with Crippen molar-refractivity contribution >= 4 is 15.7 Å². The second kappa shape index (κ2) is 5.51. The van der Waals surface area contributed by atoms with Gasteiger partial charge in [-0.25, -0.2) is 8.42 Å². The predicted molar refractivity (Wildman–Crippen MR) is 77.2 cm³/mol. The van der Waals surface area contributed by atoms with Crippen LogP contribution in [-0.4, -0.2) is 25.8 Å². The van der Waals surface area contributed by atoms with Crippen molar-refractivity contribution in [2.45, 2.75) is 43.5 Å². The lowest BCUT2D eigenvalue weighted by Crippen LogP contribution is -2.39. The smallest absolute Gasteiger partial charge is 0.243 e. The molecule has 1 fully saturated rings. The molecule has 1 aliphatic rings. The summed E-state index contributed by atoms with van der Waals surface area (Å²) in [4.78, 5) is 0.286. The van der Waals surface area contributed by atoms with Gasteiger partial charge in [0.1, 0.15) is 0 Å². The van der Waals surface area contributed by atoms with Crippen LogP contribution in [0, 0.1) is 5.92 Å². The van der Waals surface area contributed by atoms with Crippen LogP contribution in [0.2, 0.25) is 0 Å². The van der Waals surface area contributed by atoms with E-state index in [1.165, 1.54) is 10.4 Å². The first-order valence-corrected chi connectivity index (χ1v) is 8.19. The molecule has 4 nitrogen and oxygen atoms in total. The second-order valence-corrected chi connectivity index (χ2v) is 7.50. The van der Waals surface area contributed by atoms with E-state index in [0.29, 0.717) is 11.6 Å². The van der Waals surface area contributed by atoms with Gasteiger partial charge in [0.2, 0.25) is 10.0 Å². The number of rotatable bonds is 3. The van der Waals surface area contributed by atoms with Crippen LogP contribution >= 0.6 is 0 Å². The number of nitrogens with zero attached hydrogens (tertiary/aromatic N) is 1. The molecule has 0 spiro atoms. The summed E-state index contributed by atoms with van der Waals surface area (Å²) in [7, 11) is -1.75. The zero-order valence-corrected chi connectivity index (χ0v) is 12.4. The Kier molecular flexibility index (Phi) is 4.16. The van der Waals surface area contributed by atoms with E-state index in [4.69, 9.17) is 5.73 Å². The summed E-state index contributed by atoms with van der Waals surface area (Å²) in [5.41, 5.74) is 6.15. The standard InChI is InChI=1S/C14H22N2O2S/c1-11-6-8-13(9-7-11)16(2)19(17,18)14-5-3-4-12(15)10-14/h3-5,10-11,13H,6-9,15H2,1-2H3. The highest BCUT2D eigenvalue weighted by atomic mass is 32.2. The van der Waals surface area contributed by atoms with Gasteiger partial charge < -0.3 is 5.73 Å². The SMILES string of the molecule is CC1CCC(N(C)S(=O)(=O)c2cccc(N)c2)CC1. The van der Waals surface area contributed by atoms with E-state index in [1.807, 2.05) is 0 Å². The van der Waals surface area contributed by atoms with Gasteiger partial charge in [0.25, 0.3) is 0 Å². The van der Waals surface area contributed by atoms with E-state index in [-0.39, 0.29) is 10.9 Å². The van der Waals surface area contributed by atoms with Gasteiger partial charge in [0.15, 0.2) is 0 Å². The first-order chi connectivity index (χ1) is 8.91. The first-order valence-electron chi connectivity index (χ1n) is 6.75. The van der Waals surface area contributed by atoms with Crippen molar-refractivity contribution in [1.29, 1.82) is 0 Å². The molecule has 106 valence electrons. The summed E-state index contributed by atoms with van der Waals surface area (Å²) in [6, 6.07) is 6.62. The van der Waals surface area contributed by atoms with Gasteiger partial charge in [0.05, 0.1) is 4.90 Å². The maximum atomic E-state index is 12.5. The molecule has 2 rings (SSSR count). The number of nitrogen functional groups attached to an aromatic ring is 1. The largest absolute Gasteiger partial charge is 0.399 e. The van der Waals surface area contributed by atoms with E-state index in [2.05, 4.69) is 6.92 Å². The summed E-state index contributed by atoms with van der Waals surface area (Å²) in [6.45, 7) is 2.22. The maximum Gasteiger partial charge on any atom is 0.243 e. The van der Waals surface area contributed by atoms with Crippen LogP contribution in [0.25, 0.3) is 0 Å². The van der Waals surface area contributed by atoms with Gasteiger partial charge in [0, 0.05) is 18.8 Å². The van der Waals surface area contributed by atoms with Crippen LogP contribution in [0.1, 0.15) is 32.6 Å². The molecule has 1 saturated carbocycles. The molecule has 0 atom stereocenters. The van der Waals surface area contributed by atoms with Gasteiger partial charge in [-0.2, -0.15) is 4.31 Å². The number of sulfonamides is 1. The third kappa shape index (κ3) is 3.09. The molecular formula is C14H22N2O2S. The number of hydrogen-bond acceptors (Lipinski definition) is 3. The van der Waals surface area contributed by atoms with E-state index < -0.39 is 10.0 Å². The highest BCUT2D eigenvalue weighted by Gasteiger charge is 2.30. The van der Waals surface area contributed by atoms with E-state index in [0.717, 1.165) is 25.7 Å². The van der Waals surface area contributed by atoms with Gasteiger partial charge >= 0.3 is 0 Å². The molecule has 5 heteroatoms. The highest BCUT2D eigenvalue weighted by molar-refractivity contribution is 7.89. The van der Waals surface area contributed by atoms with Crippen molar-refractivity contribution in [3.8, 4) is 0 Å². The summed E-state index contributed by atoms with van der Waals surface area (Å²) < 4.78 is 26.6. The van der Waals surface area contributed by atoms with Crippen LogP contribution in [0.4, 0.5) is 5.69 Å². The summed E-state index contributed by atoms with van der Waals surface area (Å²) in [5, 5.41) is 0. The first kappa shape index (κ1) is 14.3. The monoisotopic (exact) mass is 282 g/mol. The Bertz CT molecular complexity index is 534. The number of anilines is 1. The number of nitrogens with two attached hydrogens (primary N) is 1. The molecule has 1 aromatic rings. The van der Waals surface area contributed by atoms with Crippen molar-refractivity contribution in [3.63, 3.8) is 0 Å². The topological polar surface area (TPSA) is 63.4 Å². The third-order valence-corrected chi connectivity index (χ3v) is 5.94. The van der Waals surface area contributed by atoms with Crippen molar-refractivity contribution in [2.24, 2.45) is 5.92 Å². The minimum Gasteiger partial charge on any atom is -0.399 e. The Morgan fingerprint density at radius 2 is 1.84 bits per heavy atom. The quantitative estimate of drug-likeness (QED) is 0.866. The van der Waals surface area contributed by atoms with Crippen LogP contribution in [0.15, 0.2) is 29.2 Å². The predicted octanol–water partition coefficient (Wildman–Crippen LogP) is 2.47. The van der Waals surface area contributed by atoms with Crippen LogP contribution in [0.3, 0.4) is 0 Å². The lowest BCUT2D eigenvalue weighted by Gasteiger charge is -2.32. The Balaban J connectivity index is 2.20. The Labute approximate surface area is 115 Å². The van der Waals surface area contributed by atoms with Gasteiger partial charge in [-0.15, -0.1) is 0 Å². The highest BCUT2D eigenvalue weighted by Crippen LogP contribution is 2.29. The van der Waals surface area contributed by atoms with E-state index >= 15 is 0 Å². The number of hydrogen-bond donors (Lipinski definition) is 1. The summed E-state index contributed by atoms with van der Waals surface area (Å²) in [6.07, 6.45) is 4.08. The number of benzene rings is 1. The molecule has 0 bridgehead atoms. The molecule has 0 aliphatic heterocycles.